The van der Waals surface area contributed by atoms with Crippen molar-refractivity contribution < 1.29 is 42.6 Å². The molecule has 0 fully saturated rings. The average molecular weight is 974 g/mol. The minimum absolute atomic E-state index is 0.000407. The van der Waals surface area contributed by atoms with Crippen molar-refractivity contribution in [1.29, 1.82) is 0 Å². The SMILES string of the molecule is O=C(O)c1c(-c2ccc(Br)cc2)csc1NC(=O)C(F)Cc1c(Cl)cccc1Cl.O=C(O)c1c(-c2ccc(Cl)cc2)csc1NC(=O)C(F)Cc1cc(F)ccc1Cl. The number of hydrogen-bond acceptors (Lipinski definition) is 6. The fourth-order valence-electron chi connectivity index (χ4n) is 5.37. The van der Waals surface area contributed by atoms with Crippen molar-refractivity contribution in [2.24, 2.45) is 0 Å². The molecule has 2 amide bonds. The van der Waals surface area contributed by atoms with E-state index in [4.69, 9.17) is 46.4 Å². The van der Waals surface area contributed by atoms with E-state index in [0.717, 1.165) is 39.3 Å². The molecule has 0 spiro atoms. The van der Waals surface area contributed by atoms with Crippen molar-refractivity contribution in [3.05, 3.63) is 148 Å². The van der Waals surface area contributed by atoms with Crippen molar-refractivity contribution in [1.82, 2.24) is 0 Å². The third-order valence-corrected chi connectivity index (χ3v) is 11.9. The van der Waals surface area contributed by atoms with E-state index in [1.54, 1.807) is 77.5 Å². The topological polar surface area (TPSA) is 133 Å². The number of benzene rings is 4. The Morgan fingerprint density at radius 1 is 0.655 bits per heavy atom. The summed E-state index contributed by atoms with van der Waals surface area (Å²) in [5.41, 5.74) is 2.29. The fourth-order valence-corrected chi connectivity index (χ4v) is 8.44. The van der Waals surface area contributed by atoms with Crippen LogP contribution in [-0.2, 0) is 22.4 Å². The Balaban J connectivity index is 0.000000221. The molecule has 0 saturated carbocycles. The molecule has 0 bridgehead atoms. The number of anilines is 2. The Morgan fingerprint density at radius 2 is 1.12 bits per heavy atom. The fraction of sp³-hybridized carbons (Fsp3) is 0.100. The quantitative estimate of drug-likeness (QED) is 0.0965. The minimum atomic E-state index is -2.04. The molecule has 300 valence electrons. The van der Waals surface area contributed by atoms with Gasteiger partial charge in [0.1, 0.15) is 26.9 Å². The Labute approximate surface area is 365 Å². The second-order valence-electron chi connectivity index (χ2n) is 12.1. The van der Waals surface area contributed by atoms with Crippen LogP contribution in [0, 0.1) is 5.82 Å². The van der Waals surface area contributed by atoms with E-state index in [2.05, 4.69) is 26.6 Å². The second kappa shape index (κ2) is 20.0. The van der Waals surface area contributed by atoms with Crippen LogP contribution in [0.4, 0.5) is 23.2 Å². The zero-order chi connectivity index (χ0) is 42.3. The number of halogens is 8. The smallest absolute Gasteiger partial charge is 0.339 e. The minimum Gasteiger partial charge on any atom is -0.478 e. The number of carbonyl (C=O) groups is 4. The maximum Gasteiger partial charge on any atom is 0.339 e. The predicted molar refractivity (Wildman–Crippen MR) is 228 cm³/mol. The summed E-state index contributed by atoms with van der Waals surface area (Å²) in [4.78, 5) is 48.1. The van der Waals surface area contributed by atoms with E-state index in [9.17, 15) is 42.6 Å². The van der Waals surface area contributed by atoms with Crippen LogP contribution in [0.15, 0.2) is 100 Å². The van der Waals surface area contributed by atoms with Crippen molar-refractivity contribution >= 4 is 119 Å². The number of carboxylic acid groups (broad SMARTS) is 2. The number of rotatable bonds is 12. The zero-order valence-corrected chi connectivity index (χ0v) is 35.4. The van der Waals surface area contributed by atoms with E-state index in [-0.39, 0.29) is 48.2 Å². The average Bonchev–Trinajstić information content (AvgIpc) is 3.80. The largest absolute Gasteiger partial charge is 0.478 e. The molecule has 4 N–H and O–H groups in total. The van der Waals surface area contributed by atoms with E-state index >= 15 is 0 Å². The van der Waals surface area contributed by atoms with Gasteiger partial charge in [-0.2, -0.15) is 0 Å². The molecule has 2 unspecified atom stereocenters. The Hall–Kier alpha value is -4.41. The van der Waals surface area contributed by atoms with Gasteiger partial charge in [0.2, 0.25) is 0 Å². The second-order valence-corrected chi connectivity index (χ2v) is 16.4. The standard InChI is InChI=1S/C20H13BrCl2FNO3S.C20H13Cl2F2NO3S/c21-11-6-4-10(5-7-11)13-9-29-19(17(13)20(27)28)25-18(26)16(24)8-12-14(22)2-1-3-15(12)23;21-12-3-1-10(2-4-12)14-9-29-19(17(14)20(27)28)25-18(26)16(24)8-11-7-13(23)5-6-15(11)22/h2*1-7,9,16H,8H2,(H,25,26)(H,27,28). The van der Waals surface area contributed by atoms with E-state index < -0.39 is 48.3 Å². The van der Waals surface area contributed by atoms with E-state index in [1.807, 2.05) is 0 Å². The molecule has 6 aromatic rings. The van der Waals surface area contributed by atoms with Crippen molar-refractivity contribution in [3.63, 3.8) is 0 Å². The number of thiophene rings is 2. The molecule has 2 atom stereocenters. The first-order chi connectivity index (χ1) is 27.5. The number of alkyl halides is 2. The molecule has 8 nitrogen and oxygen atoms in total. The molecular formula is C40H26BrCl4F3N2O6S2. The summed E-state index contributed by atoms with van der Waals surface area (Å²) >= 11 is 29.1. The van der Waals surface area contributed by atoms with Gasteiger partial charge >= 0.3 is 11.9 Å². The van der Waals surface area contributed by atoms with Gasteiger partial charge in [-0.15, -0.1) is 22.7 Å². The van der Waals surface area contributed by atoms with Gasteiger partial charge in [-0.25, -0.2) is 22.8 Å². The highest BCUT2D eigenvalue weighted by Crippen LogP contribution is 2.38. The molecule has 2 heterocycles. The lowest BCUT2D eigenvalue weighted by atomic mass is 10.0. The summed E-state index contributed by atoms with van der Waals surface area (Å²) in [6, 6.07) is 21.8. The molecule has 0 aliphatic carbocycles. The normalized spacial score (nSPS) is 11.9. The molecule has 4 aromatic carbocycles. The third kappa shape index (κ3) is 11.2. The lowest BCUT2D eigenvalue weighted by Gasteiger charge is -2.12. The summed E-state index contributed by atoms with van der Waals surface area (Å²) in [5.74, 6) is -5.10. The van der Waals surface area contributed by atoms with Crippen LogP contribution in [0.1, 0.15) is 31.8 Å². The highest BCUT2D eigenvalue weighted by Gasteiger charge is 2.27. The van der Waals surface area contributed by atoms with Crippen molar-refractivity contribution in [2.45, 2.75) is 25.2 Å². The molecule has 18 heteroatoms. The van der Waals surface area contributed by atoms with Gasteiger partial charge in [-0.3, -0.25) is 9.59 Å². The highest BCUT2D eigenvalue weighted by molar-refractivity contribution is 9.10. The zero-order valence-electron chi connectivity index (χ0n) is 29.2. The number of amides is 2. The molecule has 0 aliphatic heterocycles. The highest BCUT2D eigenvalue weighted by atomic mass is 79.9. The summed E-state index contributed by atoms with van der Waals surface area (Å²) in [6.07, 6.45) is -4.76. The Kier molecular flexibility index (Phi) is 15.4. The third-order valence-electron chi connectivity index (χ3n) is 8.21. The molecule has 0 radical (unpaired) electrons. The predicted octanol–water partition coefficient (Wildman–Crippen LogP) is 12.8. The number of hydrogen-bond donors (Lipinski definition) is 4. The van der Waals surface area contributed by atoms with Crippen LogP contribution in [0.5, 0.6) is 0 Å². The van der Waals surface area contributed by atoms with Gasteiger partial charge < -0.3 is 20.8 Å². The van der Waals surface area contributed by atoms with Crippen LogP contribution in [-0.4, -0.2) is 46.3 Å². The van der Waals surface area contributed by atoms with Gasteiger partial charge in [-0.05, 0) is 76.9 Å². The van der Waals surface area contributed by atoms with Crippen LogP contribution < -0.4 is 10.6 Å². The monoisotopic (exact) mass is 970 g/mol. The van der Waals surface area contributed by atoms with Gasteiger partial charge in [0.15, 0.2) is 12.3 Å². The number of nitrogens with one attached hydrogen (secondary N) is 2. The van der Waals surface area contributed by atoms with E-state index in [0.29, 0.717) is 32.8 Å². The molecule has 0 saturated heterocycles. The van der Waals surface area contributed by atoms with Gasteiger partial charge in [-0.1, -0.05) is 92.7 Å². The van der Waals surface area contributed by atoms with Crippen LogP contribution in [0.2, 0.25) is 20.1 Å². The number of carbonyl (C=O) groups excluding carboxylic acids is 2. The van der Waals surface area contributed by atoms with Crippen molar-refractivity contribution in [2.75, 3.05) is 10.6 Å². The first kappa shape index (κ1) is 44.7. The van der Waals surface area contributed by atoms with Gasteiger partial charge in [0.25, 0.3) is 11.8 Å². The molecule has 0 aliphatic rings. The summed E-state index contributed by atoms with van der Waals surface area (Å²) in [7, 11) is 0. The Bertz CT molecular complexity index is 2470. The first-order valence-electron chi connectivity index (χ1n) is 16.5. The maximum absolute atomic E-state index is 14.6. The molecule has 58 heavy (non-hydrogen) atoms. The molecular weight excluding hydrogens is 947 g/mol. The number of aromatic carboxylic acids is 2. The lowest BCUT2D eigenvalue weighted by Crippen LogP contribution is -2.26. The van der Waals surface area contributed by atoms with Crippen LogP contribution in [0.25, 0.3) is 22.3 Å². The maximum atomic E-state index is 14.6. The van der Waals surface area contributed by atoms with E-state index in [1.165, 1.54) is 6.07 Å². The molecule has 6 rings (SSSR count). The van der Waals surface area contributed by atoms with Crippen LogP contribution >= 0.6 is 85.0 Å². The van der Waals surface area contributed by atoms with Crippen LogP contribution in [0.3, 0.4) is 0 Å². The van der Waals surface area contributed by atoms with Crippen molar-refractivity contribution in [3.8, 4) is 22.3 Å². The lowest BCUT2D eigenvalue weighted by molar-refractivity contribution is -0.121. The van der Waals surface area contributed by atoms with Gasteiger partial charge in [0, 0.05) is 59.3 Å². The summed E-state index contributed by atoms with van der Waals surface area (Å²) in [5, 5.41) is 28.3. The first-order valence-corrected chi connectivity index (χ1v) is 20.6. The van der Waals surface area contributed by atoms with Gasteiger partial charge in [0.05, 0.1) is 0 Å². The Morgan fingerprint density at radius 3 is 1.60 bits per heavy atom. The summed E-state index contributed by atoms with van der Waals surface area (Å²) in [6.45, 7) is 0. The summed E-state index contributed by atoms with van der Waals surface area (Å²) < 4.78 is 43.2. The number of carboxylic acids is 2. The molecule has 2 aromatic heterocycles.